The molecule has 80 valence electrons. The number of nitrogens with one attached hydrogen (secondary N) is 1. The van der Waals surface area contributed by atoms with Crippen molar-refractivity contribution < 1.29 is 4.74 Å². The van der Waals surface area contributed by atoms with Gasteiger partial charge in [0.15, 0.2) is 0 Å². The molecule has 3 aliphatic rings. The maximum Gasteiger partial charge on any atom is 0.0472 e. The van der Waals surface area contributed by atoms with Gasteiger partial charge in [0.1, 0.15) is 0 Å². The van der Waals surface area contributed by atoms with Gasteiger partial charge < -0.3 is 10.1 Å². The molecule has 3 aliphatic heterocycles. The van der Waals surface area contributed by atoms with Crippen molar-refractivity contribution in [3.63, 3.8) is 0 Å². The number of likely N-dealkylation sites (tertiary alicyclic amines) is 1. The number of rotatable bonds is 1. The van der Waals surface area contributed by atoms with Gasteiger partial charge in [-0.2, -0.15) is 0 Å². The van der Waals surface area contributed by atoms with E-state index in [-0.39, 0.29) is 0 Å². The Morgan fingerprint density at radius 3 is 2.64 bits per heavy atom. The van der Waals surface area contributed by atoms with E-state index in [1.807, 2.05) is 0 Å². The molecule has 1 unspecified atom stereocenters. The Balaban J connectivity index is 1.53. The summed E-state index contributed by atoms with van der Waals surface area (Å²) in [5.41, 5.74) is 0.654. The average molecular weight is 196 g/mol. The summed E-state index contributed by atoms with van der Waals surface area (Å²) in [6, 6.07) is 0.837. The van der Waals surface area contributed by atoms with Crippen molar-refractivity contribution in [1.82, 2.24) is 10.2 Å². The monoisotopic (exact) mass is 196 g/mol. The number of nitrogens with zero attached hydrogens (tertiary/aromatic N) is 1. The summed E-state index contributed by atoms with van der Waals surface area (Å²) in [5.74, 6) is 0. The molecule has 1 N–H and O–H groups in total. The molecule has 3 rings (SSSR count). The van der Waals surface area contributed by atoms with Gasteiger partial charge in [-0.05, 0) is 25.8 Å². The Kier molecular flexibility index (Phi) is 2.26. The second kappa shape index (κ2) is 3.47. The Labute approximate surface area is 85.8 Å². The van der Waals surface area contributed by atoms with Crippen molar-refractivity contribution >= 4 is 0 Å². The van der Waals surface area contributed by atoms with Gasteiger partial charge in [-0.15, -0.1) is 0 Å². The van der Waals surface area contributed by atoms with Crippen LogP contribution < -0.4 is 5.32 Å². The Bertz CT molecular complexity index is 199. The highest BCUT2D eigenvalue weighted by molar-refractivity contribution is 4.99. The predicted molar refractivity (Wildman–Crippen MR) is 55.3 cm³/mol. The molecule has 1 atom stereocenters. The smallest absolute Gasteiger partial charge is 0.0472 e. The molecule has 3 fully saturated rings. The largest absolute Gasteiger partial charge is 0.381 e. The lowest BCUT2D eigenvalue weighted by Crippen LogP contribution is -2.61. The van der Waals surface area contributed by atoms with Crippen LogP contribution in [0.4, 0.5) is 0 Å². The van der Waals surface area contributed by atoms with Crippen molar-refractivity contribution in [3.8, 4) is 0 Å². The molecule has 0 aliphatic carbocycles. The standard InChI is InChI=1S/C11H20N2O/c1-4-12-7-10(1)13-8-11(9-13)2-5-14-6-3-11/h10,12H,1-9H2. The Morgan fingerprint density at radius 1 is 1.21 bits per heavy atom. The quantitative estimate of drug-likeness (QED) is 0.659. The highest BCUT2D eigenvalue weighted by Gasteiger charge is 2.46. The molecule has 3 heteroatoms. The molecular weight excluding hydrogens is 176 g/mol. The molecule has 3 saturated heterocycles. The van der Waals surface area contributed by atoms with E-state index >= 15 is 0 Å². The van der Waals surface area contributed by atoms with Gasteiger partial charge in [-0.1, -0.05) is 0 Å². The highest BCUT2D eigenvalue weighted by atomic mass is 16.5. The van der Waals surface area contributed by atoms with Gasteiger partial charge in [0.05, 0.1) is 0 Å². The van der Waals surface area contributed by atoms with E-state index in [0.717, 1.165) is 19.3 Å². The molecule has 14 heavy (non-hydrogen) atoms. The van der Waals surface area contributed by atoms with Crippen LogP contribution in [0.5, 0.6) is 0 Å². The maximum absolute atomic E-state index is 5.43. The zero-order chi connectivity index (χ0) is 9.43. The maximum atomic E-state index is 5.43. The molecular formula is C11H20N2O. The normalized spacial score (nSPS) is 37.3. The molecule has 3 nitrogen and oxygen atoms in total. The van der Waals surface area contributed by atoms with Crippen molar-refractivity contribution in [2.75, 3.05) is 39.4 Å². The molecule has 0 aromatic carbocycles. The average Bonchev–Trinajstić information content (AvgIpc) is 2.68. The fourth-order valence-electron chi connectivity index (χ4n) is 3.15. The van der Waals surface area contributed by atoms with Gasteiger partial charge in [-0.25, -0.2) is 0 Å². The Morgan fingerprint density at radius 2 is 2.00 bits per heavy atom. The van der Waals surface area contributed by atoms with Crippen LogP contribution in [0.1, 0.15) is 19.3 Å². The van der Waals surface area contributed by atoms with Crippen molar-refractivity contribution in [1.29, 1.82) is 0 Å². The first-order valence-corrected chi connectivity index (χ1v) is 5.91. The van der Waals surface area contributed by atoms with E-state index in [1.54, 1.807) is 0 Å². The summed E-state index contributed by atoms with van der Waals surface area (Å²) in [6.07, 6.45) is 3.94. The van der Waals surface area contributed by atoms with Crippen LogP contribution in [0.25, 0.3) is 0 Å². The zero-order valence-corrected chi connectivity index (χ0v) is 8.80. The van der Waals surface area contributed by atoms with E-state index in [1.165, 1.54) is 45.4 Å². The van der Waals surface area contributed by atoms with Gasteiger partial charge in [-0.3, -0.25) is 4.90 Å². The molecule has 0 radical (unpaired) electrons. The van der Waals surface area contributed by atoms with Crippen LogP contribution in [0, 0.1) is 5.41 Å². The second-order valence-corrected chi connectivity index (χ2v) is 5.16. The van der Waals surface area contributed by atoms with Crippen molar-refractivity contribution in [2.24, 2.45) is 5.41 Å². The van der Waals surface area contributed by atoms with E-state index in [0.29, 0.717) is 5.41 Å². The fraction of sp³-hybridized carbons (Fsp3) is 1.00. The first-order chi connectivity index (χ1) is 6.88. The fourth-order valence-corrected chi connectivity index (χ4v) is 3.15. The minimum Gasteiger partial charge on any atom is -0.381 e. The van der Waals surface area contributed by atoms with Crippen LogP contribution in [-0.2, 0) is 4.74 Å². The molecule has 0 bridgehead atoms. The van der Waals surface area contributed by atoms with E-state index < -0.39 is 0 Å². The van der Waals surface area contributed by atoms with E-state index in [2.05, 4.69) is 10.2 Å². The van der Waals surface area contributed by atoms with Gasteiger partial charge in [0, 0.05) is 44.3 Å². The first-order valence-electron chi connectivity index (χ1n) is 5.91. The summed E-state index contributed by atoms with van der Waals surface area (Å²) in [4.78, 5) is 2.67. The van der Waals surface area contributed by atoms with Crippen LogP contribution in [-0.4, -0.2) is 50.3 Å². The van der Waals surface area contributed by atoms with Crippen LogP contribution in [0.15, 0.2) is 0 Å². The summed E-state index contributed by atoms with van der Waals surface area (Å²) in [7, 11) is 0. The van der Waals surface area contributed by atoms with E-state index in [9.17, 15) is 0 Å². The first kappa shape index (κ1) is 9.13. The molecule has 0 aromatic rings. The predicted octanol–water partition coefficient (Wildman–Crippen LogP) is 0.461. The SMILES string of the molecule is C1CC(N2CC3(CCOCC3)C2)CN1. The Hall–Kier alpha value is -0.120. The molecule has 0 amide bonds. The lowest BCUT2D eigenvalue weighted by atomic mass is 9.72. The van der Waals surface area contributed by atoms with Gasteiger partial charge >= 0.3 is 0 Å². The minimum absolute atomic E-state index is 0.654. The number of hydrogen-bond donors (Lipinski definition) is 1. The molecule has 1 spiro atoms. The topological polar surface area (TPSA) is 24.5 Å². The third-order valence-corrected chi connectivity index (χ3v) is 4.18. The van der Waals surface area contributed by atoms with Crippen molar-refractivity contribution in [2.45, 2.75) is 25.3 Å². The number of hydrogen-bond acceptors (Lipinski definition) is 3. The lowest BCUT2D eigenvalue weighted by molar-refractivity contribution is -0.0941. The molecule has 0 aromatic heterocycles. The summed E-state index contributed by atoms with van der Waals surface area (Å²) in [5, 5.41) is 3.45. The summed E-state index contributed by atoms with van der Waals surface area (Å²) in [6.45, 7) is 7.10. The van der Waals surface area contributed by atoms with Crippen molar-refractivity contribution in [3.05, 3.63) is 0 Å². The van der Waals surface area contributed by atoms with Crippen LogP contribution in [0.3, 0.4) is 0 Å². The van der Waals surface area contributed by atoms with Gasteiger partial charge in [0.25, 0.3) is 0 Å². The molecule has 0 saturated carbocycles. The number of ether oxygens (including phenoxy) is 1. The zero-order valence-electron chi connectivity index (χ0n) is 8.80. The highest BCUT2D eigenvalue weighted by Crippen LogP contribution is 2.41. The summed E-state index contributed by atoms with van der Waals surface area (Å²) >= 11 is 0. The second-order valence-electron chi connectivity index (χ2n) is 5.16. The third kappa shape index (κ3) is 1.47. The van der Waals surface area contributed by atoms with E-state index in [4.69, 9.17) is 4.74 Å². The third-order valence-electron chi connectivity index (χ3n) is 4.18. The lowest BCUT2D eigenvalue weighted by Gasteiger charge is -2.54. The summed E-state index contributed by atoms with van der Waals surface area (Å²) < 4.78 is 5.43. The molecule has 3 heterocycles. The van der Waals surface area contributed by atoms with Gasteiger partial charge in [0.2, 0.25) is 0 Å². The van der Waals surface area contributed by atoms with Crippen LogP contribution in [0.2, 0.25) is 0 Å². The minimum atomic E-state index is 0.654. The van der Waals surface area contributed by atoms with Crippen LogP contribution >= 0.6 is 0 Å².